The minimum atomic E-state index is -0.211. The summed E-state index contributed by atoms with van der Waals surface area (Å²) in [5.41, 5.74) is 2.16. The van der Waals surface area contributed by atoms with Crippen LogP contribution < -0.4 is 20.1 Å². The lowest BCUT2D eigenvalue weighted by molar-refractivity contribution is 0.0950. The van der Waals surface area contributed by atoms with Crippen molar-refractivity contribution in [2.45, 2.75) is 6.54 Å². The maximum Gasteiger partial charge on any atom is 0.253 e. The summed E-state index contributed by atoms with van der Waals surface area (Å²) >= 11 is 6.10. The van der Waals surface area contributed by atoms with Gasteiger partial charge in [0.2, 0.25) is 6.79 Å². The Labute approximate surface area is 161 Å². The normalized spacial score (nSPS) is 11.9. The van der Waals surface area contributed by atoms with Gasteiger partial charge < -0.3 is 20.1 Å². The number of carbonyl (C=O) groups is 1. The van der Waals surface area contributed by atoms with Crippen LogP contribution in [0.3, 0.4) is 0 Å². The van der Waals surface area contributed by atoms with Gasteiger partial charge in [-0.25, -0.2) is 4.98 Å². The lowest BCUT2D eigenvalue weighted by Gasteiger charge is -2.09. The number of nitrogens with one attached hydrogen (secondary N) is 2. The van der Waals surface area contributed by atoms with E-state index in [4.69, 9.17) is 21.1 Å². The third kappa shape index (κ3) is 3.96. The third-order valence-corrected chi connectivity index (χ3v) is 4.44. The van der Waals surface area contributed by atoms with Gasteiger partial charge in [-0.05, 0) is 35.9 Å². The lowest BCUT2D eigenvalue weighted by Crippen LogP contribution is -2.23. The maximum absolute atomic E-state index is 12.3. The highest BCUT2D eigenvalue weighted by Gasteiger charge is 2.13. The molecule has 0 atom stereocenters. The molecule has 7 heteroatoms. The van der Waals surface area contributed by atoms with Gasteiger partial charge >= 0.3 is 0 Å². The van der Waals surface area contributed by atoms with Crippen molar-refractivity contribution in [3.05, 3.63) is 76.9 Å². The predicted molar refractivity (Wildman–Crippen MR) is 103 cm³/mol. The summed E-state index contributed by atoms with van der Waals surface area (Å²) in [5.74, 6) is 1.82. The van der Waals surface area contributed by atoms with Crippen LogP contribution in [0.15, 0.2) is 60.8 Å². The minimum absolute atomic E-state index is 0.211. The first kappa shape index (κ1) is 17.2. The number of aromatic nitrogens is 1. The zero-order valence-electron chi connectivity index (χ0n) is 14.2. The van der Waals surface area contributed by atoms with Gasteiger partial charge in [-0.1, -0.05) is 29.8 Å². The van der Waals surface area contributed by atoms with Crippen molar-refractivity contribution in [1.82, 2.24) is 10.3 Å². The molecule has 0 fully saturated rings. The number of hydrogen-bond donors (Lipinski definition) is 2. The van der Waals surface area contributed by atoms with Gasteiger partial charge in [0.25, 0.3) is 5.91 Å². The Kier molecular flexibility index (Phi) is 4.80. The summed E-state index contributed by atoms with van der Waals surface area (Å²) in [4.78, 5) is 16.6. The highest BCUT2D eigenvalue weighted by Crippen LogP contribution is 2.34. The fourth-order valence-electron chi connectivity index (χ4n) is 2.64. The number of ether oxygens (including phenoxy) is 2. The fourth-order valence-corrected chi connectivity index (χ4v) is 2.85. The summed E-state index contributed by atoms with van der Waals surface area (Å²) in [5, 5.41) is 6.63. The van der Waals surface area contributed by atoms with Gasteiger partial charge in [-0.2, -0.15) is 0 Å². The number of rotatable bonds is 5. The first-order valence-corrected chi connectivity index (χ1v) is 8.71. The number of pyridine rings is 1. The highest BCUT2D eigenvalue weighted by atomic mass is 35.5. The van der Waals surface area contributed by atoms with Crippen LogP contribution in [0.4, 0.5) is 11.5 Å². The van der Waals surface area contributed by atoms with E-state index < -0.39 is 0 Å². The number of benzene rings is 2. The van der Waals surface area contributed by atoms with E-state index >= 15 is 0 Å². The molecule has 27 heavy (non-hydrogen) atoms. The molecule has 0 radical (unpaired) electrons. The Bertz CT molecular complexity index is 976. The van der Waals surface area contributed by atoms with Gasteiger partial charge in [-0.15, -0.1) is 0 Å². The van der Waals surface area contributed by atoms with Crippen LogP contribution in [0.2, 0.25) is 5.02 Å². The summed E-state index contributed by atoms with van der Waals surface area (Å²) in [6.07, 6.45) is 1.53. The molecule has 1 aliphatic heterocycles. The molecule has 0 spiro atoms. The Morgan fingerprint density at radius 3 is 2.74 bits per heavy atom. The first-order chi connectivity index (χ1) is 13.2. The van der Waals surface area contributed by atoms with Gasteiger partial charge in [0.1, 0.15) is 5.82 Å². The number of anilines is 2. The second-order valence-electron chi connectivity index (χ2n) is 5.90. The summed E-state index contributed by atoms with van der Waals surface area (Å²) in [6.45, 7) is 0.588. The number of nitrogens with zero attached hydrogens (tertiary/aromatic N) is 1. The molecular weight excluding hydrogens is 366 g/mol. The lowest BCUT2D eigenvalue weighted by atomic mass is 10.2. The third-order valence-electron chi connectivity index (χ3n) is 4.07. The molecule has 1 amide bonds. The summed E-state index contributed by atoms with van der Waals surface area (Å²) < 4.78 is 10.6. The number of carbonyl (C=O) groups excluding carboxylic acids is 1. The van der Waals surface area contributed by atoms with Crippen molar-refractivity contribution in [3.63, 3.8) is 0 Å². The van der Waals surface area contributed by atoms with Gasteiger partial charge in [0, 0.05) is 29.5 Å². The minimum Gasteiger partial charge on any atom is -0.454 e. The van der Waals surface area contributed by atoms with E-state index in [2.05, 4.69) is 15.6 Å². The molecule has 0 aliphatic carbocycles. The van der Waals surface area contributed by atoms with E-state index in [-0.39, 0.29) is 12.7 Å². The molecule has 2 aromatic carbocycles. The van der Waals surface area contributed by atoms with Crippen molar-refractivity contribution in [2.24, 2.45) is 0 Å². The molecule has 4 rings (SSSR count). The Balaban J connectivity index is 1.38. The van der Waals surface area contributed by atoms with Crippen LogP contribution in [0, 0.1) is 0 Å². The van der Waals surface area contributed by atoms with Crippen molar-refractivity contribution in [2.75, 3.05) is 12.1 Å². The van der Waals surface area contributed by atoms with Crippen LogP contribution >= 0.6 is 11.6 Å². The van der Waals surface area contributed by atoms with Crippen LogP contribution in [-0.4, -0.2) is 17.7 Å². The van der Waals surface area contributed by atoms with Crippen molar-refractivity contribution in [3.8, 4) is 11.5 Å². The number of hydrogen-bond acceptors (Lipinski definition) is 5. The van der Waals surface area contributed by atoms with Gasteiger partial charge in [0.15, 0.2) is 11.5 Å². The number of halogens is 1. The Morgan fingerprint density at radius 1 is 1.07 bits per heavy atom. The Hall–Kier alpha value is -3.25. The SMILES string of the molecule is O=C(NCc1ccccc1Cl)c1ccc(Nc2ccc3c(c2)OCO3)nc1. The molecule has 2 N–H and O–H groups in total. The first-order valence-electron chi connectivity index (χ1n) is 8.33. The van der Waals surface area contributed by atoms with Crippen LogP contribution in [0.1, 0.15) is 15.9 Å². The van der Waals surface area contributed by atoms with Gasteiger partial charge in [0.05, 0.1) is 5.56 Å². The maximum atomic E-state index is 12.3. The van der Waals surface area contributed by atoms with E-state index in [0.29, 0.717) is 28.7 Å². The van der Waals surface area contributed by atoms with Crippen LogP contribution in [0.25, 0.3) is 0 Å². The van der Waals surface area contributed by atoms with E-state index in [1.165, 1.54) is 6.20 Å². The molecule has 2 heterocycles. The largest absolute Gasteiger partial charge is 0.454 e. The van der Waals surface area contributed by atoms with Crippen LogP contribution in [0.5, 0.6) is 11.5 Å². The number of fused-ring (bicyclic) bond motifs is 1. The van der Waals surface area contributed by atoms with E-state index in [0.717, 1.165) is 17.0 Å². The summed E-state index contributed by atoms with van der Waals surface area (Å²) in [7, 11) is 0. The topological polar surface area (TPSA) is 72.5 Å². The molecule has 1 aromatic heterocycles. The number of amides is 1. The molecule has 0 unspecified atom stereocenters. The molecule has 136 valence electrons. The quantitative estimate of drug-likeness (QED) is 0.695. The molecule has 0 bridgehead atoms. The smallest absolute Gasteiger partial charge is 0.253 e. The molecular formula is C20H16ClN3O3. The van der Waals surface area contributed by atoms with E-state index in [9.17, 15) is 4.79 Å². The second kappa shape index (κ2) is 7.55. The molecule has 3 aromatic rings. The molecule has 1 aliphatic rings. The zero-order valence-corrected chi connectivity index (χ0v) is 15.0. The highest BCUT2D eigenvalue weighted by molar-refractivity contribution is 6.31. The zero-order chi connectivity index (χ0) is 18.6. The van der Waals surface area contributed by atoms with Crippen molar-refractivity contribution in [1.29, 1.82) is 0 Å². The van der Waals surface area contributed by atoms with Crippen molar-refractivity contribution >= 4 is 29.0 Å². The second-order valence-corrected chi connectivity index (χ2v) is 6.31. The van der Waals surface area contributed by atoms with E-state index in [1.807, 2.05) is 36.4 Å². The summed E-state index contributed by atoms with van der Waals surface area (Å²) in [6, 6.07) is 16.4. The predicted octanol–water partition coefficient (Wildman–Crippen LogP) is 4.14. The van der Waals surface area contributed by atoms with Crippen molar-refractivity contribution < 1.29 is 14.3 Å². The molecule has 6 nitrogen and oxygen atoms in total. The van der Waals surface area contributed by atoms with Crippen LogP contribution in [-0.2, 0) is 6.54 Å². The molecule has 0 saturated heterocycles. The monoisotopic (exact) mass is 381 g/mol. The molecule has 0 saturated carbocycles. The van der Waals surface area contributed by atoms with E-state index in [1.54, 1.807) is 18.2 Å². The fraction of sp³-hybridized carbons (Fsp3) is 0.100. The van der Waals surface area contributed by atoms with Gasteiger partial charge in [-0.3, -0.25) is 4.79 Å². The average molecular weight is 382 g/mol. The Morgan fingerprint density at radius 2 is 1.93 bits per heavy atom. The average Bonchev–Trinajstić information content (AvgIpc) is 3.15. The standard InChI is InChI=1S/C20H16ClN3O3/c21-16-4-2-1-3-13(16)10-23-20(25)14-5-8-19(22-11-14)24-15-6-7-17-18(9-15)27-12-26-17/h1-9,11H,10,12H2,(H,22,24)(H,23,25).